The second-order valence-corrected chi connectivity index (χ2v) is 7.89. The van der Waals surface area contributed by atoms with Gasteiger partial charge in [0.2, 0.25) is 5.91 Å². The van der Waals surface area contributed by atoms with Crippen molar-refractivity contribution in [2.24, 2.45) is 16.6 Å². The quantitative estimate of drug-likeness (QED) is 0.370. The maximum Gasteiger partial charge on any atom is 0.217 e. The first-order chi connectivity index (χ1) is 11.4. The summed E-state index contributed by atoms with van der Waals surface area (Å²) in [6.07, 6.45) is 6.62. The van der Waals surface area contributed by atoms with Crippen molar-refractivity contribution in [3.8, 4) is 0 Å². The zero-order valence-corrected chi connectivity index (χ0v) is 18.4. The molecule has 3 N–H and O–H groups in total. The summed E-state index contributed by atoms with van der Waals surface area (Å²) in [5.41, 5.74) is 5.49. The Balaban J connectivity index is 0.00000312. The highest BCUT2D eigenvalue weighted by molar-refractivity contribution is 14.0. The molecule has 0 aromatic heterocycles. The van der Waals surface area contributed by atoms with E-state index < -0.39 is 0 Å². The number of halogens is 1. The average molecular weight is 465 g/mol. The second kappa shape index (κ2) is 10.5. The number of guanidine groups is 1. The van der Waals surface area contributed by atoms with Crippen LogP contribution in [0.25, 0.3) is 0 Å². The highest BCUT2D eigenvalue weighted by atomic mass is 127. The van der Waals surface area contributed by atoms with Crippen LogP contribution in [0.5, 0.6) is 0 Å². The van der Waals surface area contributed by atoms with Gasteiger partial charge in [0.25, 0.3) is 0 Å². The monoisotopic (exact) mass is 465 g/mol. The predicted molar refractivity (Wildman–Crippen MR) is 114 cm³/mol. The Morgan fingerprint density at radius 3 is 2.48 bits per heavy atom. The van der Waals surface area contributed by atoms with Gasteiger partial charge in [0.15, 0.2) is 5.96 Å². The smallest absolute Gasteiger partial charge is 0.217 e. The van der Waals surface area contributed by atoms with E-state index in [0.29, 0.717) is 12.3 Å². The van der Waals surface area contributed by atoms with Crippen LogP contribution in [0.2, 0.25) is 0 Å². The van der Waals surface area contributed by atoms with Gasteiger partial charge in [0.1, 0.15) is 0 Å². The summed E-state index contributed by atoms with van der Waals surface area (Å²) in [7, 11) is 1.84. The standard InChI is InChI=1S/C18H35N5O.HI/c1-18(2,23-10-5-4-6-11-23)14-21-17(20-3)22-9-7-8-15(13-22)12-16(19)24;/h15H,4-14H2,1-3H3,(H2,19,24)(H,20,21);1H. The molecule has 2 heterocycles. The molecule has 0 bridgehead atoms. The fourth-order valence-electron chi connectivity index (χ4n) is 3.95. The number of nitrogens with two attached hydrogens (primary N) is 1. The fourth-order valence-corrected chi connectivity index (χ4v) is 3.95. The lowest BCUT2D eigenvalue weighted by Gasteiger charge is -2.42. The van der Waals surface area contributed by atoms with Gasteiger partial charge in [0.05, 0.1) is 0 Å². The molecule has 0 radical (unpaired) electrons. The maximum atomic E-state index is 11.2. The molecule has 1 atom stereocenters. The van der Waals surface area contributed by atoms with E-state index in [1.165, 1.54) is 32.4 Å². The van der Waals surface area contributed by atoms with Gasteiger partial charge in [-0.15, -0.1) is 24.0 Å². The zero-order chi connectivity index (χ0) is 17.6. The lowest BCUT2D eigenvalue weighted by Crippen LogP contribution is -2.56. The Labute approximate surface area is 170 Å². The number of carbonyl (C=O) groups excluding carboxylic acids is 1. The molecule has 146 valence electrons. The van der Waals surface area contributed by atoms with Gasteiger partial charge < -0.3 is 16.0 Å². The summed E-state index contributed by atoms with van der Waals surface area (Å²) in [6.45, 7) is 9.76. The number of amides is 1. The van der Waals surface area contributed by atoms with Gasteiger partial charge >= 0.3 is 0 Å². The van der Waals surface area contributed by atoms with Crippen LogP contribution in [-0.2, 0) is 4.79 Å². The molecule has 2 aliphatic heterocycles. The van der Waals surface area contributed by atoms with Crippen LogP contribution >= 0.6 is 24.0 Å². The molecular formula is C18H36IN5O. The van der Waals surface area contributed by atoms with E-state index in [1.54, 1.807) is 0 Å². The van der Waals surface area contributed by atoms with Crippen LogP contribution < -0.4 is 11.1 Å². The number of hydrogen-bond donors (Lipinski definition) is 2. The first kappa shape index (κ1) is 22.5. The molecule has 0 aromatic rings. The normalized spacial score (nSPS) is 23.1. The molecule has 1 unspecified atom stereocenters. The summed E-state index contributed by atoms with van der Waals surface area (Å²) < 4.78 is 0. The molecule has 0 spiro atoms. The molecule has 6 nitrogen and oxygen atoms in total. The van der Waals surface area contributed by atoms with Crippen LogP contribution in [0.3, 0.4) is 0 Å². The molecule has 0 aliphatic carbocycles. The Morgan fingerprint density at radius 1 is 1.20 bits per heavy atom. The molecular weight excluding hydrogens is 429 g/mol. The maximum absolute atomic E-state index is 11.2. The van der Waals surface area contributed by atoms with Crippen LogP contribution in [0.4, 0.5) is 0 Å². The third kappa shape index (κ3) is 6.92. The van der Waals surface area contributed by atoms with Gasteiger partial charge in [0, 0.05) is 38.6 Å². The molecule has 25 heavy (non-hydrogen) atoms. The van der Waals surface area contributed by atoms with E-state index >= 15 is 0 Å². The third-order valence-corrected chi connectivity index (χ3v) is 5.41. The number of piperidine rings is 2. The summed E-state index contributed by atoms with van der Waals surface area (Å²) in [4.78, 5) is 20.5. The second-order valence-electron chi connectivity index (χ2n) is 7.89. The van der Waals surface area contributed by atoms with Crippen molar-refractivity contribution in [2.45, 2.75) is 57.9 Å². The number of nitrogens with zero attached hydrogens (tertiary/aromatic N) is 3. The van der Waals surface area contributed by atoms with Gasteiger partial charge in [-0.05, 0) is 58.5 Å². The lowest BCUT2D eigenvalue weighted by atomic mass is 9.94. The summed E-state index contributed by atoms with van der Waals surface area (Å²) in [5, 5.41) is 3.57. The molecule has 0 saturated carbocycles. The van der Waals surface area contributed by atoms with E-state index in [9.17, 15) is 4.79 Å². The first-order valence-electron chi connectivity index (χ1n) is 9.41. The summed E-state index contributed by atoms with van der Waals surface area (Å²) >= 11 is 0. The third-order valence-electron chi connectivity index (χ3n) is 5.41. The minimum absolute atomic E-state index is 0. The van der Waals surface area contributed by atoms with Crippen molar-refractivity contribution >= 4 is 35.8 Å². The van der Waals surface area contributed by atoms with E-state index in [-0.39, 0.29) is 35.4 Å². The minimum Gasteiger partial charge on any atom is -0.370 e. The predicted octanol–water partition coefficient (Wildman–Crippen LogP) is 2.03. The van der Waals surface area contributed by atoms with Crippen LogP contribution in [0.1, 0.15) is 52.4 Å². The van der Waals surface area contributed by atoms with Gasteiger partial charge in [-0.3, -0.25) is 14.7 Å². The summed E-state index contributed by atoms with van der Waals surface area (Å²) in [5.74, 6) is 1.11. The van der Waals surface area contributed by atoms with Crippen molar-refractivity contribution in [3.05, 3.63) is 0 Å². The minimum atomic E-state index is -0.198. The number of carbonyl (C=O) groups is 1. The molecule has 7 heteroatoms. The zero-order valence-electron chi connectivity index (χ0n) is 16.1. The van der Waals surface area contributed by atoms with Crippen molar-refractivity contribution in [1.82, 2.24) is 15.1 Å². The van der Waals surface area contributed by atoms with Crippen LogP contribution in [0, 0.1) is 5.92 Å². The molecule has 0 aromatic carbocycles. The Bertz CT molecular complexity index is 449. The van der Waals surface area contributed by atoms with Crippen LogP contribution in [-0.4, -0.2) is 67.0 Å². The molecule has 1 amide bonds. The van der Waals surface area contributed by atoms with Crippen molar-refractivity contribution in [1.29, 1.82) is 0 Å². The van der Waals surface area contributed by atoms with Gasteiger partial charge in [-0.1, -0.05) is 6.42 Å². The number of likely N-dealkylation sites (tertiary alicyclic amines) is 2. The van der Waals surface area contributed by atoms with E-state index in [1.807, 2.05) is 7.05 Å². The fraction of sp³-hybridized carbons (Fsp3) is 0.889. The highest BCUT2D eigenvalue weighted by Gasteiger charge is 2.29. The molecule has 2 aliphatic rings. The highest BCUT2D eigenvalue weighted by Crippen LogP contribution is 2.21. The van der Waals surface area contributed by atoms with Gasteiger partial charge in [-0.2, -0.15) is 0 Å². The Kier molecular flexibility index (Phi) is 9.48. The SMILES string of the molecule is CN=C(NCC(C)(C)N1CCCCC1)N1CCCC(CC(N)=O)C1.I. The van der Waals surface area contributed by atoms with Gasteiger partial charge in [-0.25, -0.2) is 0 Å². The van der Waals surface area contributed by atoms with E-state index in [4.69, 9.17) is 5.73 Å². The van der Waals surface area contributed by atoms with E-state index in [2.05, 4.69) is 34.0 Å². The Morgan fingerprint density at radius 2 is 1.88 bits per heavy atom. The first-order valence-corrected chi connectivity index (χ1v) is 9.41. The van der Waals surface area contributed by atoms with Crippen molar-refractivity contribution in [3.63, 3.8) is 0 Å². The van der Waals surface area contributed by atoms with Crippen LogP contribution in [0.15, 0.2) is 4.99 Å². The number of hydrogen-bond acceptors (Lipinski definition) is 3. The number of rotatable bonds is 5. The topological polar surface area (TPSA) is 74.0 Å². The van der Waals surface area contributed by atoms with Crippen molar-refractivity contribution in [2.75, 3.05) is 39.8 Å². The largest absolute Gasteiger partial charge is 0.370 e. The van der Waals surface area contributed by atoms with E-state index in [0.717, 1.165) is 38.4 Å². The lowest BCUT2D eigenvalue weighted by molar-refractivity contribution is -0.119. The average Bonchev–Trinajstić information content (AvgIpc) is 2.56. The number of primary amides is 1. The number of nitrogens with one attached hydrogen (secondary N) is 1. The Hall–Kier alpha value is -0.570. The van der Waals surface area contributed by atoms with Crippen molar-refractivity contribution < 1.29 is 4.79 Å². The molecule has 2 saturated heterocycles. The number of aliphatic imine (C=N–C) groups is 1. The summed E-state index contributed by atoms with van der Waals surface area (Å²) in [6, 6.07) is 0. The molecule has 2 fully saturated rings. The molecule has 2 rings (SSSR count).